The SMILES string of the molecule is CC(C)(CNC(=O)c1cccc(NC(=O)CC2SC(N3CCCCC3)=NC2=O)c1)N1CCCCC1. The standard InChI is InChI=1S/C26H37N5O3S/c1-26(2,31-14-7-4-8-15-31)18-27-23(33)19-10-9-11-20(16-19)28-22(32)17-21-24(34)29-25(35-21)30-12-5-3-6-13-30/h9-11,16,21H,3-8,12-15,17-18H2,1-2H3,(H,27,33)(H,28,32). The lowest BCUT2D eigenvalue weighted by atomic mass is 9.98. The second kappa shape index (κ2) is 11.6. The molecule has 3 aliphatic heterocycles. The maximum atomic E-state index is 12.8. The van der Waals surface area contributed by atoms with Crippen molar-refractivity contribution in [1.29, 1.82) is 0 Å². The summed E-state index contributed by atoms with van der Waals surface area (Å²) in [6.45, 7) is 8.86. The van der Waals surface area contributed by atoms with Crippen LogP contribution >= 0.6 is 11.8 Å². The molecular weight excluding hydrogens is 462 g/mol. The summed E-state index contributed by atoms with van der Waals surface area (Å²) in [4.78, 5) is 46.6. The van der Waals surface area contributed by atoms with Crippen LogP contribution in [-0.2, 0) is 9.59 Å². The molecule has 35 heavy (non-hydrogen) atoms. The number of carbonyl (C=O) groups excluding carboxylic acids is 3. The fraction of sp³-hybridized carbons (Fsp3) is 0.615. The lowest BCUT2D eigenvalue weighted by molar-refractivity contribution is -0.121. The van der Waals surface area contributed by atoms with Gasteiger partial charge >= 0.3 is 0 Å². The number of nitrogens with one attached hydrogen (secondary N) is 2. The Hall–Kier alpha value is -2.39. The van der Waals surface area contributed by atoms with Gasteiger partial charge in [-0.2, -0.15) is 4.99 Å². The third-order valence-corrected chi connectivity index (χ3v) is 8.24. The lowest BCUT2D eigenvalue weighted by Crippen LogP contribution is -2.53. The largest absolute Gasteiger partial charge is 0.351 e. The zero-order chi connectivity index (χ0) is 24.8. The van der Waals surface area contributed by atoms with E-state index >= 15 is 0 Å². The highest BCUT2D eigenvalue weighted by Gasteiger charge is 2.33. The molecule has 1 unspecified atom stereocenters. The first-order chi connectivity index (χ1) is 16.8. The van der Waals surface area contributed by atoms with Crippen molar-refractivity contribution in [3.05, 3.63) is 29.8 Å². The van der Waals surface area contributed by atoms with Gasteiger partial charge in [0.05, 0.1) is 0 Å². The summed E-state index contributed by atoms with van der Waals surface area (Å²) < 4.78 is 0. The van der Waals surface area contributed by atoms with Gasteiger partial charge in [-0.25, -0.2) is 0 Å². The monoisotopic (exact) mass is 499 g/mol. The van der Waals surface area contributed by atoms with Crippen molar-refractivity contribution in [2.45, 2.75) is 69.6 Å². The van der Waals surface area contributed by atoms with Crippen LogP contribution in [0.1, 0.15) is 69.2 Å². The number of thioether (sulfide) groups is 1. The van der Waals surface area contributed by atoms with Gasteiger partial charge in [-0.05, 0) is 77.2 Å². The third-order valence-electron chi connectivity index (χ3n) is 7.03. The van der Waals surface area contributed by atoms with Crippen molar-refractivity contribution in [2.75, 3.05) is 38.0 Å². The number of hydrogen-bond donors (Lipinski definition) is 2. The quantitative estimate of drug-likeness (QED) is 0.597. The van der Waals surface area contributed by atoms with Crippen LogP contribution in [0.4, 0.5) is 5.69 Å². The highest BCUT2D eigenvalue weighted by atomic mass is 32.2. The maximum absolute atomic E-state index is 12.8. The number of nitrogens with zero attached hydrogens (tertiary/aromatic N) is 3. The summed E-state index contributed by atoms with van der Waals surface area (Å²) >= 11 is 1.39. The highest BCUT2D eigenvalue weighted by Crippen LogP contribution is 2.29. The van der Waals surface area contributed by atoms with E-state index in [-0.39, 0.29) is 29.7 Å². The van der Waals surface area contributed by atoms with Gasteiger partial charge < -0.3 is 15.5 Å². The molecule has 0 bridgehead atoms. The fourth-order valence-corrected chi connectivity index (χ4v) is 5.97. The Balaban J connectivity index is 1.27. The number of carbonyl (C=O) groups is 3. The Bertz CT molecular complexity index is 967. The van der Waals surface area contributed by atoms with Gasteiger partial charge in [0.25, 0.3) is 11.8 Å². The minimum absolute atomic E-state index is 0.0603. The van der Waals surface area contributed by atoms with Crippen LogP contribution in [0.5, 0.6) is 0 Å². The first kappa shape index (κ1) is 25.7. The minimum Gasteiger partial charge on any atom is -0.351 e. The van der Waals surface area contributed by atoms with Gasteiger partial charge in [0.15, 0.2) is 5.17 Å². The summed E-state index contributed by atoms with van der Waals surface area (Å²) in [6.07, 6.45) is 7.17. The highest BCUT2D eigenvalue weighted by molar-refractivity contribution is 8.15. The van der Waals surface area contributed by atoms with Crippen LogP contribution in [0.2, 0.25) is 0 Å². The van der Waals surface area contributed by atoms with Gasteiger partial charge in [0, 0.05) is 42.8 Å². The van der Waals surface area contributed by atoms with Crippen molar-refractivity contribution >= 4 is 40.3 Å². The number of amidine groups is 1. The first-order valence-electron chi connectivity index (χ1n) is 12.8. The van der Waals surface area contributed by atoms with Crippen LogP contribution in [-0.4, -0.2) is 76.2 Å². The molecule has 3 amide bonds. The van der Waals surface area contributed by atoms with E-state index in [1.165, 1.54) is 37.4 Å². The Morgan fingerprint density at radius 2 is 1.74 bits per heavy atom. The molecule has 1 aromatic rings. The van der Waals surface area contributed by atoms with E-state index in [0.717, 1.165) is 44.2 Å². The van der Waals surface area contributed by atoms with Crippen LogP contribution in [0.15, 0.2) is 29.3 Å². The fourth-order valence-electron chi connectivity index (χ4n) is 4.86. The molecule has 4 rings (SSSR count). The minimum atomic E-state index is -0.490. The zero-order valence-corrected chi connectivity index (χ0v) is 21.7. The molecule has 0 aromatic heterocycles. The second-order valence-electron chi connectivity index (χ2n) is 10.3. The van der Waals surface area contributed by atoms with Gasteiger partial charge in [0.1, 0.15) is 5.25 Å². The predicted octanol–water partition coefficient (Wildman–Crippen LogP) is 3.49. The lowest BCUT2D eigenvalue weighted by Gasteiger charge is -2.41. The van der Waals surface area contributed by atoms with Crippen molar-refractivity contribution < 1.29 is 14.4 Å². The number of hydrogen-bond acceptors (Lipinski definition) is 6. The zero-order valence-electron chi connectivity index (χ0n) is 20.8. The molecule has 1 aromatic carbocycles. The van der Waals surface area contributed by atoms with E-state index in [0.29, 0.717) is 17.8 Å². The number of rotatable bonds is 7. The van der Waals surface area contributed by atoms with Crippen LogP contribution in [0.25, 0.3) is 0 Å². The molecule has 0 aliphatic carbocycles. The van der Waals surface area contributed by atoms with E-state index in [1.807, 2.05) is 0 Å². The maximum Gasteiger partial charge on any atom is 0.262 e. The molecule has 0 saturated carbocycles. The smallest absolute Gasteiger partial charge is 0.262 e. The Labute approximate surface area is 212 Å². The Morgan fingerprint density at radius 3 is 2.46 bits per heavy atom. The first-order valence-corrected chi connectivity index (χ1v) is 13.7. The summed E-state index contributed by atoms with van der Waals surface area (Å²) in [5, 5.41) is 6.16. The van der Waals surface area contributed by atoms with E-state index < -0.39 is 5.25 Å². The molecule has 2 saturated heterocycles. The Morgan fingerprint density at radius 1 is 1.06 bits per heavy atom. The molecule has 3 heterocycles. The normalized spacial score (nSPS) is 21.5. The number of piperidine rings is 2. The van der Waals surface area contributed by atoms with E-state index in [4.69, 9.17) is 0 Å². The number of benzene rings is 1. The molecule has 190 valence electrons. The number of amides is 3. The van der Waals surface area contributed by atoms with Gasteiger partial charge in [-0.1, -0.05) is 24.2 Å². The summed E-state index contributed by atoms with van der Waals surface area (Å²) in [5.74, 6) is -0.655. The van der Waals surface area contributed by atoms with Gasteiger partial charge in [-0.3, -0.25) is 19.3 Å². The molecule has 2 N–H and O–H groups in total. The molecule has 9 heteroatoms. The Kier molecular flexibility index (Phi) is 8.49. The molecule has 8 nitrogen and oxygen atoms in total. The van der Waals surface area contributed by atoms with E-state index in [9.17, 15) is 14.4 Å². The average Bonchev–Trinajstić information content (AvgIpc) is 3.23. The average molecular weight is 500 g/mol. The number of likely N-dealkylation sites (tertiary alicyclic amines) is 2. The predicted molar refractivity (Wildman–Crippen MR) is 141 cm³/mol. The van der Waals surface area contributed by atoms with Crippen LogP contribution in [0, 0.1) is 0 Å². The van der Waals surface area contributed by atoms with E-state index in [2.05, 4.69) is 39.3 Å². The van der Waals surface area contributed by atoms with Crippen molar-refractivity contribution in [2.24, 2.45) is 4.99 Å². The number of anilines is 1. The van der Waals surface area contributed by atoms with Crippen molar-refractivity contribution in [1.82, 2.24) is 15.1 Å². The molecule has 0 spiro atoms. The molecule has 3 aliphatic rings. The molecular formula is C26H37N5O3S. The van der Waals surface area contributed by atoms with Crippen molar-refractivity contribution in [3.8, 4) is 0 Å². The van der Waals surface area contributed by atoms with Crippen molar-refractivity contribution in [3.63, 3.8) is 0 Å². The van der Waals surface area contributed by atoms with Crippen LogP contribution in [0.3, 0.4) is 0 Å². The second-order valence-corrected chi connectivity index (χ2v) is 11.4. The summed E-state index contributed by atoms with van der Waals surface area (Å²) in [6, 6.07) is 6.94. The van der Waals surface area contributed by atoms with Gasteiger partial charge in [0.2, 0.25) is 5.91 Å². The topological polar surface area (TPSA) is 94.1 Å². The van der Waals surface area contributed by atoms with Gasteiger partial charge in [-0.15, -0.1) is 0 Å². The summed E-state index contributed by atoms with van der Waals surface area (Å²) in [5.41, 5.74) is 0.938. The number of aliphatic imine (C=N–C) groups is 1. The molecule has 2 fully saturated rings. The van der Waals surface area contributed by atoms with Crippen LogP contribution < -0.4 is 10.6 Å². The molecule has 0 radical (unpaired) electrons. The third kappa shape index (κ3) is 6.85. The molecule has 1 atom stereocenters. The summed E-state index contributed by atoms with van der Waals surface area (Å²) in [7, 11) is 0. The van der Waals surface area contributed by atoms with E-state index in [1.54, 1.807) is 24.3 Å².